The van der Waals surface area contributed by atoms with Gasteiger partial charge >= 0.3 is 12.0 Å². The van der Waals surface area contributed by atoms with E-state index in [0.717, 1.165) is 12.8 Å². The first-order chi connectivity index (χ1) is 7.36. The largest absolute Gasteiger partial charge is 0.480 e. The van der Waals surface area contributed by atoms with Crippen LogP contribution in [0.5, 0.6) is 0 Å². The number of aliphatic carboxylic acids is 1. The summed E-state index contributed by atoms with van der Waals surface area (Å²) in [6.07, 6.45) is -1.21. The molecule has 1 unspecified atom stereocenters. The number of alkyl halides is 2. The number of carboxylic acids is 1. The van der Waals surface area contributed by atoms with Crippen LogP contribution in [-0.2, 0) is 4.79 Å². The van der Waals surface area contributed by atoms with Gasteiger partial charge in [-0.05, 0) is 25.7 Å². The van der Waals surface area contributed by atoms with Gasteiger partial charge in [-0.2, -0.15) is 0 Å². The highest BCUT2D eigenvalue weighted by molar-refractivity contribution is 5.86. The average molecular weight is 236 g/mol. The Hall–Kier alpha value is -1.40. The van der Waals surface area contributed by atoms with E-state index in [9.17, 15) is 18.4 Å². The molecular formula is C9H14F2N2O3. The Morgan fingerprint density at radius 3 is 2.44 bits per heavy atom. The van der Waals surface area contributed by atoms with Gasteiger partial charge in [0.1, 0.15) is 5.54 Å². The van der Waals surface area contributed by atoms with E-state index in [1.807, 2.05) is 5.32 Å². The Bertz CT molecular complexity index is 294. The Labute approximate surface area is 91.2 Å². The van der Waals surface area contributed by atoms with Crippen molar-refractivity contribution in [2.24, 2.45) is 5.92 Å². The molecule has 7 heteroatoms. The zero-order chi connectivity index (χ0) is 12.3. The number of hydrogen-bond donors (Lipinski definition) is 3. The molecule has 0 bridgehead atoms. The lowest BCUT2D eigenvalue weighted by atomic mass is 9.96. The molecule has 1 saturated carbocycles. The fraction of sp³-hybridized carbons (Fsp3) is 0.778. The van der Waals surface area contributed by atoms with Gasteiger partial charge in [-0.15, -0.1) is 0 Å². The molecule has 0 spiro atoms. The smallest absolute Gasteiger partial charge is 0.329 e. The van der Waals surface area contributed by atoms with Crippen molar-refractivity contribution in [3.8, 4) is 0 Å². The summed E-state index contributed by atoms with van der Waals surface area (Å²) in [5, 5.41) is 13.1. The molecule has 16 heavy (non-hydrogen) atoms. The van der Waals surface area contributed by atoms with Gasteiger partial charge in [0.15, 0.2) is 0 Å². The van der Waals surface area contributed by atoms with Crippen LogP contribution >= 0.6 is 0 Å². The molecular weight excluding hydrogens is 222 g/mol. The minimum Gasteiger partial charge on any atom is -0.480 e. The molecule has 1 aliphatic carbocycles. The minimum atomic E-state index is -2.65. The quantitative estimate of drug-likeness (QED) is 0.660. The Kier molecular flexibility index (Phi) is 3.66. The maximum Gasteiger partial charge on any atom is 0.329 e. The zero-order valence-corrected chi connectivity index (χ0v) is 8.80. The number of rotatable bonds is 5. The van der Waals surface area contributed by atoms with Crippen LogP contribution in [0.4, 0.5) is 13.6 Å². The summed E-state index contributed by atoms with van der Waals surface area (Å²) in [4.78, 5) is 22.2. The van der Waals surface area contributed by atoms with E-state index >= 15 is 0 Å². The highest BCUT2D eigenvalue weighted by atomic mass is 19.3. The SMILES string of the molecule is CC(NC(=O)NCC(F)F)(C(=O)O)C1CC1. The van der Waals surface area contributed by atoms with Crippen LogP contribution in [0.1, 0.15) is 19.8 Å². The molecule has 1 aliphatic rings. The van der Waals surface area contributed by atoms with Crippen LogP contribution in [0, 0.1) is 5.92 Å². The van der Waals surface area contributed by atoms with E-state index in [0.29, 0.717) is 0 Å². The maximum absolute atomic E-state index is 11.8. The van der Waals surface area contributed by atoms with Gasteiger partial charge in [-0.3, -0.25) is 0 Å². The first-order valence-electron chi connectivity index (χ1n) is 4.94. The lowest BCUT2D eigenvalue weighted by Gasteiger charge is -2.26. The number of urea groups is 1. The van der Waals surface area contributed by atoms with Crippen LogP contribution < -0.4 is 10.6 Å². The van der Waals surface area contributed by atoms with Crippen molar-refractivity contribution in [2.45, 2.75) is 31.7 Å². The third-order valence-electron chi connectivity index (χ3n) is 2.63. The number of nitrogens with one attached hydrogen (secondary N) is 2. The lowest BCUT2D eigenvalue weighted by Crippen LogP contribution is -2.57. The Morgan fingerprint density at radius 1 is 1.50 bits per heavy atom. The predicted molar refractivity (Wildman–Crippen MR) is 51.3 cm³/mol. The number of carbonyl (C=O) groups is 2. The Balaban J connectivity index is 2.49. The highest BCUT2D eigenvalue weighted by Crippen LogP contribution is 2.39. The van der Waals surface area contributed by atoms with E-state index in [1.54, 1.807) is 0 Å². The fourth-order valence-electron chi connectivity index (χ4n) is 1.44. The summed E-state index contributed by atoms with van der Waals surface area (Å²) in [5.41, 5.74) is -1.37. The molecule has 0 aromatic carbocycles. The van der Waals surface area contributed by atoms with Crippen LogP contribution in [0.3, 0.4) is 0 Å². The summed E-state index contributed by atoms with van der Waals surface area (Å²) < 4.78 is 23.6. The normalized spacial score (nSPS) is 19.0. The van der Waals surface area contributed by atoms with Crippen LogP contribution in [0.15, 0.2) is 0 Å². The molecule has 1 rings (SSSR count). The van der Waals surface area contributed by atoms with E-state index in [1.165, 1.54) is 6.92 Å². The van der Waals surface area contributed by atoms with Gasteiger partial charge in [-0.1, -0.05) is 0 Å². The van der Waals surface area contributed by atoms with Crippen LogP contribution in [0.25, 0.3) is 0 Å². The third kappa shape index (κ3) is 3.04. The van der Waals surface area contributed by atoms with Gasteiger partial charge < -0.3 is 15.7 Å². The average Bonchev–Trinajstić information content (AvgIpc) is 2.97. The molecule has 92 valence electrons. The van der Waals surface area contributed by atoms with Crippen LogP contribution in [-0.4, -0.2) is 35.6 Å². The number of halogens is 2. The molecule has 2 amide bonds. The topological polar surface area (TPSA) is 78.4 Å². The molecule has 1 fully saturated rings. The molecule has 0 aliphatic heterocycles. The highest BCUT2D eigenvalue weighted by Gasteiger charge is 2.48. The van der Waals surface area contributed by atoms with Gasteiger partial charge in [-0.25, -0.2) is 18.4 Å². The molecule has 1 atom stereocenters. The predicted octanol–water partition coefficient (Wildman–Crippen LogP) is 0.804. The molecule has 0 heterocycles. The maximum atomic E-state index is 11.8. The number of carboxylic acid groups (broad SMARTS) is 1. The number of amides is 2. The molecule has 0 aromatic rings. The second-order valence-electron chi connectivity index (χ2n) is 4.01. The van der Waals surface area contributed by atoms with Gasteiger partial charge in [0.25, 0.3) is 6.43 Å². The van der Waals surface area contributed by atoms with Crippen molar-refractivity contribution in [1.29, 1.82) is 0 Å². The van der Waals surface area contributed by atoms with Gasteiger partial charge in [0.2, 0.25) is 0 Å². The molecule has 0 aromatic heterocycles. The first kappa shape index (κ1) is 12.7. The summed E-state index contributed by atoms with van der Waals surface area (Å²) in [7, 11) is 0. The van der Waals surface area contributed by atoms with E-state index < -0.39 is 30.5 Å². The van der Waals surface area contributed by atoms with Crippen LogP contribution in [0.2, 0.25) is 0 Å². The van der Waals surface area contributed by atoms with Crippen molar-refractivity contribution in [3.05, 3.63) is 0 Å². The summed E-state index contributed by atoms with van der Waals surface area (Å²) in [5.74, 6) is -1.27. The van der Waals surface area contributed by atoms with Gasteiger partial charge in [0, 0.05) is 0 Å². The summed E-state index contributed by atoms with van der Waals surface area (Å²) in [6, 6.07) is -0.878. The number of carbonyl (C=O) groups excluding carboxylic acids is 1. The molecule has 3 N–H and O–H groups in total. The van der Waals surface area contributed by atoms with E-state index in [-0.39, 0.29) is 5.92 Å². The standard InChI is InChI=1S/C9H14F2N2O3/c1-9(7(14)15,5-2-3-5)13-8(16)12-4-6(10)11/h5-6H,2-4H2,1H3,(H,14,15)(H2,12,13,16). The minimum absolute atomic E-state index is 0.123. The fourth-order valence-corrected chi connectivity index (χ4v) is 1.44. The molecule has 0 saturated heterocycles. The molecule has 5 nitrogen and oxygen atoms in total. The first-order valence-corrected chi connectivity index (χ1v) is 4.94. The summed E-state index contributed by atoms with van der Waals surface area (Å²) >= 11 is 0. The van der Waals surface area contributed by atoms with Crippen molar-refractivity contribution < 1.29 is 23.5 Å². The second-order valence-corrected chi connectivity index (χ2v) is 4.01. The Morgan fingerprint density at radius 2 is 2.06 bits per heavy atom. The second kappa shape index (κ2) is 4.63. The van der Waals surface area contributed by atoms with Gasteiger partial charge in [0.05, 0.1) is 6.54 Å². The van der Waals surface area contributed by atoms with Crippen molar-refractivity contribution in [2.75, 3.05) is 6.54 Å². The van der Waals surface area contributed by atoms with Crippen molar-refractivity contribution in [1.82, 2.24) is 10.6 Å². The molecule has 0 radical (unpaired) electrons. The van der Waals surface area contributed by atoms with Crippen molar-refractivity contribution >= 4 is 12.0 Å². The van der Waals surface area contributed by atoms with E-state index in [2.05, 4.69) is 5.32 Å². The summed E-state index contributed by atoms with van der Waals surface area (Å²) in [6.45, 7) is 0.598. The van der Waals surface area contributed by atoms with E-state index in [4.69, 9.17) is 5.11 Å². The zero-order valence-electron chi connectivity index (χ0n) is 8.80. The number of hydrogen-bond acceptors (Lipinski definition) is 2. The third-order valence-corrected chi connectivity index (χ3v) is 2.63. The van der Waals surface area contributed by atoms with Crippen molar-refractivity contribution in [3.63, 3.8) is 0 Å². The monoisotopic (exact) mass is 236 g/mol. The lowest BCUT2D eigenvalue weighted by molar-refractivity contribution is -0.144.